The molecule has 14 heteroatoms. The normalized spacial score (nSPS) is 15.7. The van der Waals surface area contributed by atoms with Gasteiger partial charge in [0.1, 0.15) is 0 Å². The van der Waals surface area contributed by atoms with Gasteiger partial charge in [-0.2, -0.15) is 0 Å². The molecule has 0 atom stereocenters. The summed E-state index contributed by atoms with van der Waals surface area (Å²) >= 11 is 2.89. The third kappa shape index (κ3) is 11.9. The summed E-state index contributed by atoms with van der Waals surface area (Å²) in [6.45, 7) is 100. The molecular formula is C60H111Cl3Si10Ti. The summed E-state index contributed by atoms with van der Waals surface area (Å²) in [6, 6.07) is 0. The smallest absolute Gasteiger partial charge is 1.00 e. The zero-order valence-electron chi connectivity index (χ0n) is 55.1. The van der Waals surface area contributed by atoms with Crippen molar-refractivity contribution in [2.24, 2.45) is 0 Å². The maximum absolute atomic E-state index is 3.44. The van der Waals surface area contributed by atoms with Crippen molar-refractivity contribution in [3.8, 4) is 0 Å². The second-order valence-electron chi connectivity index (χ2n) is 32.5. The van der Waals surface area contributed by atoms with Crippen LogP contribution in [-0.2, 0) is 20.4 Å². The van der Waals surface area contributed by atoms with E-state index in [2.05, 4.69) is 266 Å². The van der Waals surface area contributed by atoms with E-state index in [4.69, 9.17) is 0 Å². The van der Waals surface area contributed by atoms with Gasteiger partial charge in [-0.3, -0.25) is 0 Å². The minimum Gasteiger partial charge on any atom is -1.00 e. The molecule has 0 saturated carbocycles. The maximum Gasteiger partial charge on any atom is -1.00 e. The summed E-state index contributed by atoms with van der Waals surface area (Å²) in [6.07, 6.45) is 0. The Kier molecular flexibility index (Phi) is 21.9. The van der Waals surface area contributed by atoms with Crippen LogP contribution in [0.3, 0.4) is 0 Å². The van der Waals surface area contributed by atoms with Crippen LogP contribution in [0, 0.1) is 41.5 Å². The van der Waals surface area contributed by atoms with Crippen molar-refractivity contribution >= 4 is 143 Å². The van der Waals surface area contributed by atoms with Crippen molar-refractivity contribution in [1.29, 1.82) is 0 Å². The number of hydrogen-bond acceptors (Lipinski definition) is 0. The van der Waals surface area contributed by atoms with Gasteiger partial charge in [-0.1, -0.05) is 0 Å². The average Bonchev–Trinajstić information content (AvgIpc) is 3.24. The first-order chi connectivity index (χ1) is 31.1. The summed E-state index contributed by atoms with van der Waals surface area (Å²) in [5.74, 6) is 0. The van der Waals surface area contributed by atoms with Gasteiger partial charge in [0.15, 0.2) is 0 Å². The molecule has 74 heavy (non-hydrogen) atoms. The summed E-state index contributed by atoms with van der Waals surface area (Å²) in [7, 11) is -21.0. The summed E-state index contributed by atoms with van der Waals surface area (Å²) in [5.41, 5.74) is 16.7. The molecule has 0 amide bonds. The Morgan fingerprint density at radius 2 is 0.338 bits per heavy atom. The molecule has 3 aromatic rings. The van der Waals surface area contributed by atoms with Crippen LogP contribution in [0.5, 0.6) is 0 Å². The average molecular weight is 1270 g/mol. The SMILES string of the molecule is CC1=C(C)[C]([Ti+3])([Si](c2c(C)c([Si](C)(C)C)c([Si](C)(C)C)c([Si](C)(C)C)c2C)(c2c(C)c([Si](C)(C)C)c([Si](C)(C)C)c([Si](C)(C)C)c2C)c2c(C)c([Si](C)(C)C)c([Si](C)(C)C)c([Si](C)(C)C)c2C)C(C)=C1C.[Cl-].[Cl-].[Cl-]. The Labute approximate surface area is 500 Å². The first-order valence-electron chi connectivity index (χ1n) is 27.8. The molecule has 1 aliphatic rings. The third-order valence-corrected chi connectivity index (χ3v) is 46.8. The van der Waals surface area contributed by atoms with Gasteiger partial charge >= 0.3 is 468 Å². The van der Waals surface area contributed by atoms with Crippen molar-refractivity contribution < 1.29 is 57.7 Å². The molecule has 0 N–H and O–H groups in total. The van der Waals surface area contributed by atoms with Gasteiger partial charge in [0, 0.05) is 0 Å². The van der Waals surface area contributed by atoms with E-state index < -0.39 is 80.7 Å². The minimum atomic E-state index is -3.44. The summed E-state index contributed by atoms with van der Waals surface area (Å²) in [5, 5.41) is 22.2. The minimum absolute atomic E-state index is 0. The molecule has 4 rings (SSSR count). The van der Waals surface area contributed by atoms with E-state index >= 15 is 0 Å². The summed E-state index contributed by atoms with van der Waals surface area (Å²) < 4.78 is -0.224. The van der Waals surface area contributed by atoms with Gasteiger partial charge < -0.3 is 37.2 Å². The molecule has 0 aromatic heterocycles. The van der Waals surface area contributed by atoms with Gasteiger partial charge in [0.25, 0.3) is 0 Å². The van der Waals surface area contributed by atoms with Crippen LogP contribution < -0.4 is 99.5 Å². The monoisotopic (exact) mass is 1260 g/mol. The Morgan fingerprint density at radius 1 is 0.216 bits per heavy atom. The second kappa shape index (κ2) is 22.2. The standard InChI is InChI=1S/C60H111Si10.3ClH.Ti/c1-38-39(2)41(4)48(40(38)3)70(49-42(5)52(61(11,12)13)58(67(29,30)31)53(43(49)6)62(14,15)16,50-44(7)54(63(17,18)19)59(68(32,33)34)55(45(50)8)64(20,21)22)51-46(9)56(65(23,24)25)60(69(35,36)37)57(47(51)10)66(26,27)28;;;;/h1-37H3;3*1H;/q;;;;+3/p-3. The Bertz CT molecular complexity index is 2350. The van der Waals surface area contributed by atoms with Crippen LogP contribution in [0.4, 0.5) is 0 Å². The van der Waals surface area contributed by atoms with E-state index in [1.807, 2.05) is 62.2 Å². The number of allylic oxidation sites excluding steroid dienone is 4. The van der Waals surface area contributed by atoms with Gasteiger partial charge in [0.2, 0.25) is 0 Å². The molecular weight excluding hydrogens is 1160 g/mol. The van der Waals surface area contributed by atoms with E-state index in [1.165, 1.54) is 0 Å². The number of hydrogen-bond donors (Lipinski definition) is 0. The van der Waals surface area contributed by atoms with E-state index in [-0.39, 0.29) is 40.6 Å². The number of benzene rings is 3. The third-order valence-electron chi connectivity index (χ3n) is 17.2. The zero-order valence-corrected chi connectivity index (χ0v) is 69.0. The fourth-order valence-electron chi connectivity index (χ4n) is 15.6. The molecule has 0 spiro atoms. The quantitative estimate of drug-likeness (QED) is 0.183. The van der Waals surface area contributed by atoms with Crippen LogP contribution in [-0.4, -0.2) is 80.7 Å². The van der Waals surface area contributed by atoms with Crippen molar-refractivity contribution in [3.63, 3.8) is 0 Å². The van der Waals surface area contributed by atoms with Gasteiger partial charge in [-0.05, 0) is 0 Å². The zero-order chi connectivity index (χ0) is 56.2. The van der Waals surface area contributed by atoms with Crippen LogP contribution in [0.25, 0.3) is 0 Å². The molecule has 416 valence electrons. The largest absolute Gasteiger partial charge is 1.00 e. The van der Waals surface area contributed by atoms with Crippen molar-refractivity contribution in [2.75, 3.05) is 0 Å². The molecule has 1 aliphatic carbocycles. The predicted molar refractivity (Wildman–Crippen MR) is 359 cm³/mol. The maximum atomic E-state index is 2.89. The van der Waals surface area contributed by atoms with Crippen molar-refractivity contribution in [2.45, 2.75) is 249 Å². The van der Waals surface area contributed by atoms with E-state index in [1.54, 1.807) is 55.7 Å². The molecule has 0 saturated heterocycles. The van der Waals surface area contributed by atoms with Crippen molar-refractivity contribution in [3.05, 3.63) is 55.7 Å². The topological polar surface area (TPSA) is 0 Å². The summed E-state index contributed by atoms with van der Waals surface area (Å²) in [4.78, 5) is 0. The fraction of sp³-hybridized carbons (Fsp3) is 0.633. The van der Waals surface area contributed by atoms with E-state index in [9.17, 15) is 0 Å². The Hall–Kier alpha value is 0.893. The molecule has 0 fully saturated rings. The van der Waals surface area contributed by atoms with Crippen LogP contribution >= 0.6 is 0 Å². The first kappa shape index (κ1) is 72.9. The van der Waals surface area contributed by atoms with Crippen LogP contribution in [0.1, 0.15) is 61.1 Å². The molecule has 0 aliphatic heterocycles. The van der Waals surface area contributed by atoms with Gasteiger partial charge in [-0.15, -0.1) is 0 Å². The van der Waals surface area contributed by atoms with Gasteiger partial charge in [0.05, 0.1) is 0 Å². The van der Waals surface area contributed by atoms with Crippen LogP contribution in [0.2, 0.25) is 180 Å². The van der Waals surface area contributed by atoms with Gasteiger partial charge in [-0.25, -0.2) is 0 Å². The second-order valence-corrected chi connectivity index (χ2v) is 83.2. The molecule has 0 bridgehead atoms. The molecule has 0 unspecified atom stereocenters. The van der Waals surface area contributed by atoms with Crippen LogP contribution in [0.15, 0.2) is 22.3 Å². The van der Waals surface area contributed by atoms with E-state index in [0.717, 1.165) is 0 Å². The molecule has 0 heterocycles. The number of halogens is 3. The molecule has 0 nitrogen and oxygen atoms in total. The Morgan fingerprint density at radius 3 is 0.446 bits per heavy atom. The molecule has 0 radical (unpaired) electrons. The number of rotatable bonds is 13. The predicted octanol–water partition coefficient (Wildman–Crippen LogP) is 2.86. The van der Waals surface area contributed by atoms with Crippen molar-refractivity contribution in [1.82, 2.24) is 0 Å². The molecule has 3 aromatic carbocycles. The Balaban J connectivity index is 0.00000913. The fourth-order valence-corrected chi connectivity index (χ4v) is 58.4. The first-order valence-corrected chi connectivity index (χ1v) is 62.0. The van der Waals surface area contributed by atoms with E-state index in [0.29, 0.717) is 0 Å².